The third-order valence-electron chi connectivity index (χ3n) is 1.91. The van der Waals surface area contributed by atoms with E-state index in [1.807, 2.05) is 0 Å². The quantitative estimate of drug-likeness (QED) is 0.471. The number of aliphatic imine (C=N–C) groups is 1. The Bertz CT molecular complexity index is 567. The summed E-state index contributed by atoms with van der Waals surface area (Å²) in [6, 6.07) is 3.40. The van der Waals surface area contributed by atoms with Gasteiger partial charge in [-0.05, 0) is 21.5 Å². The van der Waals surface area contributed by atoms with E-state index >= 15 is 0 Å². The first kappa shape index (κ1) is 12.2. The van der Waals surface area contributed by atoms with Crippen molar-refractivity contribution in [3.63, 3.8) is 0 Å². The minimum absolute atomic E-state index is 0.157. The van der Waals surface area contributed by atoms with Crippen LogP contribution in [-0.2, 0) is 0 Å². The molecule has 90 valence electrons. The van der Waals surface area contributed by atoms with Crippen molar-refractivity contribution in [1.82, 2.24) is 19.9 Å². The molecular weight excluding hydrogens is 249 g/mol. The normalized spacial score (nSPS) is 12.5. The Balaban J connectivity index is 2.32. The van der Waals surface area contributed by atoms with Gasteiger partial charge in [0, 0.05) is 24.8 Å². The van der Waals surface area contributed by atoms with E-state index < -0.39 is 0 Å². The second-order valence-electron chi connectivity index (χ2n) is 3.09. The fourth-order valence-electron chi connectivity index (χ4n) is 1.15. The van der Waals surface area contributed by atoms with Gasteiger partial charge in [0.25, 0.3) is 0 Å². The number of rotatable bonds is 2. The van der Waals surface area contributed by atoms with E-state index in [1.165, 1.54) is 0 Å². The molecule has 0 fully saturated rings. The van der Waals surface area contributed by atoms with Crippen LogP contribution in [-0.4, -0.2) is 31.6 Å². The summed E-state index contributed by atoms with van der Waals surface area (Å²) in [5.74, 6) is 1.17. The van der Waals surface area contributed by atoms with E-state index in [1.54, 1.807) is 36.9 Å². The number of nitrogens with two attached hydrogens (primary N) is 1. The number of hydrogen-bond donors (Lipinski definition) is 1. The van der Waals surface area contributed by atoms with Crippen molar-refractivity contribution in [3.8, 4) is 0 Å². The van der Waals surface area contributed by atoms with Crippen LogP contribution in [0.5, 0.6) is 0 Å². The zero-order valence-electron chi connectivity index (χ0n) is 9.30. The molecule has 0 spiro atoms. The summed E-state index contributed by atoms with van der Waals surface area (Å²) in [5, 5.41) is 0. The molecule has 8 heteroatoms. The van der Waals surface area contributed by atoms with Gasteiger partial charge in [0.05, 0.1) is 0 Å². The predicted octanol–water partition coefficient (Wildman–Crippen LogP) is 0.209. The molecule has 1 unspecified atom stereocenters. The first-order chi connectivity index (χ1) is 8.81. The Morgan fingerprint density at radius 3 is 1.94 bits per heavy atom. The fourth-order valence-corrected chi connectivity index (χ4v) is 1.32. The van der Waals surface area contributed by atoms with Crippen molar-refractivity contribution in [2.45, 2.75) is 0 Å². The van der Waals surface area contributed by atoms with Gasteiger partial charge in [-0.25, -0.2) is 29.7 Å². The van der Waals surface area contributed by atoms with E-state index in [4.69, 9.17) is 5.73 Å². The molecule has 0 aliphatic heterocycles. The van der Waals surface area contributed by atoms with Gasteiger partial charge < -0.3 is 5.73 Å². The molecule has 2 N–H and O–H groups in total. The van der Waals surface area contributed by atoms with Gasteiger partial charge in [-0.2, -0.15) is 0 Å². The zero-order valence-corrected chi connectivity index (χ0v) is 10.5. The van der Waals surface area contributed by atoms with Crippen molar-refractivity contribution in [2.24, 2.45) is 15.5 Å². The van der Waals surface area contributed by atoms with Crippen LogP contribution in [0.25, 0.3) is 0 Å². The van der Waals surface area contributed by atoms with Crippen molar-refractivity contribution in [2.75, 3.05) is 0 Å². The van der Waals surface area contributed by atoms with Gasteiger partial charge in [0.2, 0.25) is 0 Å². The Morgan fingerprint density at radius 2 is 1.44 bits per heavy atom. The molecule has 0 bridgehead atoms. The highest BCUT2D eigenvalue weighted by Crippen LogP contribution is 1.99. The highest BCUT2D eigenvalue weighted by Gasteiger charge is 2.07. The highest BCUT2D eigenvalue weighted by molar-refractivity contribution is 7.15. The van der Waals surface area contributed by atoms with Gasteiger partial charge in [-0.3, -0.25) is 0 Å². The Hall–Kier alpha value is -2.27. The number of nitrogens with zero attached hydrogens (tertiary/aromatic N) is 6. The molecule has 0 aromatic carbocycles. The lowest BCUT2D eigenvalue weighted by molar-refractivity contribution is 1.11. The first-order valence-corrected chi connectivity index (χ1v) is 5.49. The molecule has 0 aliphatic rings. The second-order valence-corrected chi connectivity index (χ2v) is 3.35. The minimum atomic E-state index is 0.157. The molecule has 0 amide bonds. The largest absolute Gasteiger partial charge is 0.380 e. The van der Waals surface area contributed by atoms with Crippen molar-refractivity contribution < 1.29 is 0 Å². The van der Waals surface area contributed by atoms with Crippen LogP contribution >= 0.6 is 9.39 Å². The molecule has 2 rings (SSSR count). The lowest BCUT2D eigenvalue weighted by Crippen LogP contribution is -2.19. The molecular formula is C10H10N7P. The van der Waals surface area contributed by atoms with Gasteiger partial charge in [0.1, 0.15) is 0 Å². The standard InChI is InChI=1S/C10H10N7P/c11-7(8-12-3-1-4-13-8)16-10(17-18)9-14-5-2-6-15-9/h1-6H,18H2,(H2,11,16,17). The van der Waals surface area contributed by atoms with E-state index in [0.717, 1.165) is 0 Å². The van der Waals surface area contributed by atoms with E-state index in [0.29, 0.717) is 17.5 Å². The van der Waals surface area contributed by atoms with Crippen LogP contribution < -0.4 is 5.73 Å². The first-order valence-electron chi connectivity index (χ1n) is 4.98. The molecule has 0 radical (unpaired) electrons. The summed E-state index contributed by atoms with van der Waals surface area (Å²) in [7, 11) is 2.20. The van der Waals surface area contributed by atoms with Crippen LogP contribution in [0.3, 0.4) is 0 Å². The van der Waals surface area contributed by atoms with Crippen LogP contribution in [0.4, 0.5) is 0 Å². The van der Waals surface area contributed by atoms with E-state index in [-0.39, 0.29) is 5.84 Å². The van der Waals surface area contributed by atoms with Crippen LogP contribution in [0.15, 0.2) is 46.7 Å². The third-order valence-corrected chi connectivity index (χ3v) is 2.15. The van der Waals surface area contributed by atoms with Gasteiger partial charge in [-0.1, -0.05) is 0 Å². The third kappa shape index (κ3) is 2.89. The Morgan fingerprint density at radius 1 is 0.944 bits per heavy atom. The van der Waals surface area contributed by atoms with Crippen molar-refractivity contribution in [3.05, 3.63) is 48.6 Å². The van der Waals surface area contributed by atoms with E-state index in [2.05, 4.69) is 39.1 Å². The molecule has 1 atom stereocenters. The average Bonchev–Trinajstić information content (AvgIpc) is 2.46. The Labute approximate surface area is 106 Å². The molecule has 0 saturated carbocycles. The molecule has 2 aromatic heterocycles. The molecule has 2 heterocycles. The number of aromatic nitrogens is 4. The molecule has 7 nitrogen and oxygen atoms in total. The topological polar surface area (TPSA) is 102 Å². The summed E-state index contributed by atoms with van der Waals surface area (Å²) in [4.78, 5) is 20.2. The van der Waals surface area contributed by atoms with E-state index in [9.17, 15) is 0 Å². The summed E-state index contributed by atoms with van der Waals surface area (Å²) in [6.07, 6.45) is 6.37. The molecule has 2 aromatic rings. The SMILES string of the molecule is NC(=N/C(=N\P)c1ncccn1)c1ncccn1. The fraction of sp³-hybridized carbons (Fsp3) is 0. The summed E-state index contributed by atoms with van der Waals surface area (Å²) in [6.45, 7) is 0. The smallest absolute Gasteiger partial charge is 0.198 e. The lowest BCUT2D eigenvalue weighted by atomic mass is 10.4. The van der Waals surface area contributed by atoms with Gasteiger partial charge in [-0.15, -0.1) is 0 Å². The summed E-state index contributed by atoms with van der Waals surface area (Å²) >= 11 is 0. The molecule has 18 heavy (non-hydrogen) atoms. The molecule has 0 saturated heterocycles. The van der Waals surface area contributed by atoms with Gasteiger partial charge in [0.15, 0.2) is 23.3 Å². The van der Waals surface area contributed by atoms with Crippen molar-refractivity contribution >= 4 is 21.1 Å². The Kier molecular flexibility index (Phi) is 3.98. The maximum absolute atomic E-state index is 5.79. The van der Waals surface area contributed by atoms with Crippen LogP contribution in [0, 0.1) is 0 Å². The maximum atomic E-state index is 5.79. The lowest BCUT2D eigenvalue weighted by Gasteiger charge is -2.00. The maximum Gasteiger partial charge on any atom is 0.198 e. The minimum Gasteiger partial charge on any atom is -0.380 e. The van der Waals surface area contributed by atoms with Crippen LogP contribution in [0.2, 0.25) is 0 Å². The predicted molar refractivity (Wildman–Crippen MR) is 71.0 cm³/mol. The summed E-state index contributed by atoms with van der Waals surface area (Å²) < 4.78 is 3.91. The zero-order chi connectivity index (χ0) is 12.8. The summed E-state index contributed by atoms with van der Waals surface area (Å²) in [5.41, 5.74) is 5.79. The van der Waals surface area contributed by atoms with Gasteiger partial charge >= 0.3 is 0 Å². The average molecular weight is 259 g/mol. The molecule has 0 aliphatic carbocycles. The number of amidine groups is 2. The highest BCUT2D eigenvalue weighted by atomic mass is 31.0. The second kappa shape index (κ2) is 5.88. The monoisotopic (exact) mass is 259 g/mol. The van der Waals surface area contributed by atoms with Crippen molar-refractivity contribution in [1.29, 1.82) is 0 Å². The number of hydrogen-bond acceptors (Lipinski definition) is 5. The van der Waals surface area contributed by atoms with Crippen LogP contribution in [0.1, 0.15) is 11.6 Å².